The smallest absolute Gasteiger partial charge is 0.407 e. The molecule has 0 radical (unpaired) electrons. The Balaban J connectivity index is 2.56. The van der Waals surface area contributed by atoms with Gasteiger partial charge in [0, 0.05) is 18.3 Å². The highest BCUT2D eigenvalue weighted by Crippen LogP contribution is 2.19. The third-order valence-electron chi connectivity index (χ3n) is 2.45. The van der Waals surface area contributed by atoms with Crippen molar-refractivity contribution in [1.82, 2.24) is 10.3 Å². The first-order valence-electron chi connectivity index (χ1n) is 6.34. The van der Waals surface area contributed by atoms with Crippen LogP contribution in [0.1, 0.15) is 32.4 Å². The normalized spacial score (nSPS) is 14.4. The molecule has 7 nitrogen and oxygen atoms in total. The first-order valence-corrected chi connectivity index (χ1v) is 6.34. The molecule has 8 heteroatoms. The van der Waals surface area contributed by atoms with Gasteiger partial charge in [-0.25, -0.2) is 9.78 Å². The Kier molecular flexibility index (Phi) is 5.45. The van der Waals surface area contributed by atoms with Crippen molar-refractivity contribution in [1.29, 1.82) is 0 Å². The number of hydrogen-bond donors (Lipinski definition) is 4. The number of aromatic nitrogens is 1. The molecule has 0 saturated carbocycles. The van der Waals surface area contributed by atoms with Crippen molar-refractivity contribution in [3.63, 3.8) is 0 Å². The van der Waals surface area contributed by atoms with E-state index in [1.165, 1.54) is 6.07 Å². The second-order valence-electron chi connectivity index (χ2n) is 5.54. The number of pyridine rings is 1. The van der Waals surface area contributed by atoms with Crippen LogP contribution in [0, 0.1) is 5.95 Å². The molecule has 2 unspecified atom stereocenters. The Morgan fingerprint density at radius 3 is 2.67 bits per heavy atom. The van der Waals surface area contributed by atoms with Gasteiger partial charge in [-0.1, -0.05) is 0 Å². The number of nitrogens with one attached hydrogen (secondary N) is 1. The number of nitrogens with zero attached hydrogens (tertiary/aromatic N) is 1. The molecule has 1 aromatic rings. The highest BCUT2D eigenvalue weighted by atomic mass is 19.1. The molecule has 0 fully saturated rings. The molecule has 1 amide bonds. The fraction of sp³-hybridized carbons (Fsp3) is 0.538. The van der Waals surface area contributed by atoms with E-state index in [9.17, 15) is 19.4 Å². The lowest BCUT2D eigenvalue weighted by molar-refractivity contribution is 0.0127. The molecule has 0 saturated heterocycles. The summed E-state index contributed by atoms with van der Waals surface area (Å²) in [5.41, 5.74) is 4.58. The molecule has 1 heterocycles. The lowest BCUT2D eigenvalue weighted by atomic mass is 10.1. The van der Waals surface area contributed by atoms with Gasteiger partial charge in [0.2, 0.25) is 5.95 Å². The number of amides is 1. The summed E-state index contributed by atoms with van der Waals surface area (Å²) in [5.74, 6) is -0.854. The van der Waals surface area contributed by atoms with Gasteiger partial charge in [0.05, 0.1) is 5.69 Å². The van der Waals surface area contributed by atoms with Crippen molar-refractivity contribution in [2.24, 2.45) is 0 Å². The summed E-state index contributed by atoms with van der Waals surface area (Å²) in [7, 11) is 0. The Bertz CT molecular complexity index is 505. The molecular weight excluding hydrogens is 281 g/mol. The van der Waals surface area contributed by atoms with Crippen LogP contribution in [-0.4, -0.2) is 39.5 Å². The SMILES string of the molecule is CC(C)(C)OC(=O)NCC(O)C(O)c1cnc(F)c(N)c1. The van der Waals surface area contributed by atoms with Gasteiger partial charge in [0.15, 0.2) is 0 Å². The monoisotopic (exact) mass is 301 g/mol. The van der Waals surface area contributed by atoms with E-state index in [4.69, 9.17) is 10.5 Å². The molecular formula is C13H20FN3O4. The number of aliphatic hydroxyl groups is 2. The molecule has 0 aromatic carbocycles. The lowest BCUT2D eigenvalue weighted by Gasteiger charge is -2.22. The van der Waals surface area contributed by atoms with Crippen molar-refractivity contribution in [2.75, 3.05) is 12.3 Å². The summed E-state index contributed by atoms with van der Waals surface area (Å²) in [4.78, 5) is 14.8. The number of nitrogens with two attached hydrogens (primary N) is 1. The number of rotatable bonds is 4. The Hall–Kier alpha value is -1.93. The molecule has 118 valence electrons. The zero-order valence-electron chi connectivity index (χ0n) is 12.1. The summed E-state index contributed by atoms with van der Waals surface area (Å²) < 4.78 is 17.9. The van der Waals surface area contributed by atoms with Crippen molar-refractivity contribution in [3.05, 3.63) is 23.8 Å². The first kappa shape index (κ1) is 17.1. The number of nitrogen functional groups attached to an aromatic ring is 1. The van der Waals surface area contributed by atoms with E-state index in [0.29, 0.717) is 0 Å². The van der Waals surface area contributed by atoms with Crippen molar-refractivity contribution in [3.8, 4) is 0 Å². The van der Waals surface area contributed by atoms with E-state index in [2.05, 4.69) is 10.3 Å². The largest absolute Gasteiger partial charge is 0.444 e. The molecule has 1 aromatic heterocycles. The van der Waals surface area contributed by atoms with E-state index in [1.807, 2.05) is 0 Å². The minimum Gasteiger partial charge on any atom is -0.444 e. The van der Waals surface area contributed by atoms with Gasteiger partial charge in [-0.3, -0.25) is 0 Å². The van der Waals surface area contributed by atoms with Crippen LogP contribution < -0.4 is 11.1 Å². The highest BCUT2D eigenvalue weighted by molar-refractivity contribution is 5.67. The zero-order valence-corrected chi connectivity index (χ0v) is 12.1. The third kappa shape index (κ3) is 5.52. The Morgan fingerprint density at radius 1 is 1.52 bits per heavy atom. The van der Waals surface area contributed by atoms with E-state index in [0.717, 1.165) is 6.20 Å². The van der Waals surface area contributed by atoms with Crippen molar-refractivity contribution >= 4 is 11.8 Å². The molecule has 5 N–H and O–H groups in total. The number of carbonyl (C=O) groups excluding carboxylic acids is 1. The molecule has 0 spiro atoms. The van der Waals surface area contributed by atoms with E-state index < -0.39 is 29.8 Å². The number of halogens is 1. The summed E-state index contributed by atoms with van der Waals surface area (Å²) >= 11 is 0. The summed E-state index contributed by atoms with van der Waals surface area (Å²) in [6.45, 7) is 4.85. The lowest BCUT2D eigenvalue weighted by Crippen LogP contribution is -2.38. The van der Waals surface area contributed by atoms with Gasteiger partial charge in [0.1, 0.15) is 17.8 Å². The number of hydrogen-bond acceptors (Lipinski definition) is 6. The van der Waals surface area contributed by atoms with Crippen LogP contribution in [0.25, 0.3) is 0 Å². The van der Waals surface area contributed by atoms with Gasteiger partial charge < -0.3 is 26.0 Å². The molecule has 0 bridgehead atoms. The van der Waals surface area contributed by atoms with Crippen LogP contribution in [-0.2, 0) is 4.74 Å². The molecule has 21 heavy (non-hydrogen) atoms. The molecule has 0 aliphatic rings. The predicted molar refractivity (Wildman–Crippen MR) is 73.8 cm³/mol. The average Bonchev–Trinajstić information content (AvgIpc) is 2.36. The summed E-state index contributed by atoms with van der Waals surface area (Å²) in [5, 5.41) is 22.0. The number of aliphatic hydroxyl groups excluding tert-OH is 2. The molecule has 2 atom stereocenters. The fourth-order valence-corrected chi connectivity index (χ4v) is 1.48. The molecule has 0 aliphatic carbocycles. The van der Waals surface area contributed by atoms with Crippen LogP contribution >= 0.6 is 0 Å². The maximum atomic E-state index is 12.9. The summed E-state index contributed by atoms with van der Waals surface area (Å²) in [6, 6.07) is 1.17. The van der Waals surface area contributed by atoms with Crippen LogP contribution in [0.4, 0.5) is 14.9 Å². The second kappa shape index (κ2) is 6.68. The van der Waals surface area contributed by atoms with Crippen LogP contribution in [0.15, 0.2) is 12.3 Å². The van der Waals surface area contributed by atoms with Crippen molar-refractivity contribution < 1.29 is 24.1 Å². The topological polar surface area (TPSA) is 118 Å². The quantitative estimate of drug-likeness (QED) is 0.609. The first-order chi connectivity index (χ1) is 9.60. The van der Waals surface area contributed by atoms with Crippen LogP contribution in [0.5, 0.6) is 0 Å². The maximum absolute atomic E-state index is 12.9. The minimum absolute atomic E-state index is 0.146. The molecule has 1 rings (SSSR count). The second-order valence-corrected chi connectivity index (χ2v) is 5.54. The average molecular weight is 301 g/mol. The van der Waals surface area contributed by atoms with E-state index in [1.54, 1.807) is 20.8 Å². The number of carbonyl (C=O) groups is 1. The molecule has 0 aliphatic heterocycles. The standard InChI is InChI=1S/C13H20FN3O4/c1-13(2,3)21-12(20)17-6-9(18)10(19)7-4-8(15)11(14)16-5-7/h4-5,9-10,18-19H,6,15H2,1-3H3,(H,17,20). The third-order valence-corrected chi connectivity index (χ3v) is 2.45. The van der Waals surface area contributed by atoms with Crippen LogP contribution in [0.2, 0.25) is 0 Å². The zero-order chi connectivity index (χ0) is 16.2. The fourth-order valence-electron chi connectivity index (χ4n) is 1.48. The van der Waals surface area contributed by atoms with Gasteiger partial charge in [-0.15, -0.1) is 0 Å². The van der Waals surface area contributed by atoms with Crippen molar-refractivity contribution in [2.45, 2.75) is 38.6 Å². The minimum atomic E-state index is -1.37. The van der Waals surface area contributed by atoms with E-state index in [-0.39, 0.29) is 17.8 Å². The Labute approximate surface area is 121 Å². The Morgan fingerprint density at radius 2 is 2.14 bits per heavy atom. The summed E-state index contributed by atoms with van der Waals surface area (Å²) in [6.07, 6.45) is -2.34. The van der Waals surface area contributed by atoms with Gasteiger partial charge in [-0.05, 0) is 26.8 Å². The van der Waals surface area contributed by atoms with Gasteiger partial charge >= 0.3 is 6.09 Å². The van der Waals surface area contributed by atoms with Crippen LogP contribution in [0.3, 0.4) is 0 Å². The van der Waals surface area contributed by atoms with Gasteiger partial charge in [0.25, 0.3) is 0 Å². The predicted octanol–water partition coefficient (Wildman–Crippen LogP) is 0.722. The maximum Gasteiger partial charge on any atom is 0.407 e. The highest BCUT2D eigenvalue weighted by Gasteiger charge is 2.22. The van der Waals surface area contributed by atoms with Gasteiger partial charge in [-0.2, -0.15) is 4.39 Å². The number of alkyl carbamates (subject to hydrolysis) is 1. The van der Waals surface area contributed by atoms with E-state index >= 15 is 0 Å². The number of ether oxygens (including phenoxy) is 1. The number of anilines is 1.